The van der Waals surface area contributed by atoms with Crippen LogP contribution in [0.3, 0.4) is 0 Å². The van der Waals surface area contributed by atoms with Crippen molar-refractivity contribution in [1.29, 1.82) is 0 Å². The zero-order valence-electron chi connectivity index (χ0n) is 11.7. The molecule has 3 heteroatoms. The zero-order chi connectivity index (χ0) is 13.7. The Hall–Kier alpha value is -1.51. The number of rotatable bonds is 6. The number of hydrogen-bond acceptors (Lipinski definition) is 2. The summed E-state index contributed by atoms with van der Waals surface area (Å²) in [6.07, 6.45) is 2.19. The van der Waals surface area contributed by atoms with Gasteiger partial charge in [0.05, 0.1) is 11.3 Å². The molecule has 100 valence electrons. The van der Waals surface area contributed by atoms with Gasteiger partial charge in [-0.25, -0.2) is 4.79 Å². The van der Waals surface area contributed by atoms with Crippen molar-refractivity contribution in [3.63, 3.8) is 0 Å². The van der Waals surface area contributed by atoms with E-state index in [4.69, 9.17) is 0 Å². The van der Waals surface area contributed by atoms with E-state index in [1.807, 2.05) is 13.0 Å². The van der Waals surface area contributed by atoms with Crippen LogP contribution >= 0.6 is 0 Å². The SMILES string of the molecule is CCC(C)CC(C)Nc1c(C)cccc1C(=O)O. The van der Waals surface area contributed by atoms with Gasteiger partial charge in [0.25, 0.3) is 0 Å². The van der Waals surface area contributed by atoms with Crippen LogP contribution in [0.4, 0.5) is 5.69 Å². The van der Waals surface area contributed by atoms with Crippen molar-refractivity contribution >= 4 is 11.7 Å². The molecule has 1 rings (SSSR count). The van der Waals surface area contributed by atoms with Crippen LogP contribution in [0.15, 0.2) is 18.2 Å². The minimum absolute atomic E-state index is 0.277. The maximum Gasteiger partial charge on any atom is 0.337 e. The minimum Gasteiger partial charge on any atom is -0.478 e. The largest absolute Gasteiger partial charge is 0.478 e. The van der Waals surface area contributed by atoms with Gasteiger partial charge in [0.1, 0.15) is 0 Å². The van der Waals surface area contributed by atoms with Gasteiger partial charge in [0.15, 0.2) is 0 Å². The predicted octanol–water partition coefficient (Wildman–Crippen LogP) is 3.93. The van der Waals surface area contributed by atoms with Crippen molar-refractivity contribution in [3.8, 4) is 0 Å². The molecule has 1 aromatic rings. The second kappa shape index (κ2) is 6.43. The number of carbonyl (C=O) groups is 1. The molecule has 0 aliphatic carbocycles. The molecule has 0 bridgehead atoms. The fourth-order valence-corrected chi connectivity index (χ4v) is 2.11. The summed E-state index contributed by atoms with van der Waals surface area (Å²) in [5.41, 5.74) is 2.08. The second-order valence-electron chi connectivity index (χ2n) is 5.10. The van der Waals surface area contributed by atoms with Crippen molar-refractivity contribution < 1.29 is 9.90 Å². The molecule has 0 spiro atoms. The Labute approximate surface area is 109 Å². The number of benzene rings is 1. The van der Waals surface area contributed by atoms with E-state index in [0.29, 0.717) is 11.5 Å². The van der Waals surface area contributed by atoms with Gasteiger partial charge in [-0.05, 0) is 37.8 Å². The molecule has 3 nitrogen and oxygen atoms in total. The van der Waals surface area contributed by atoms with Crippen LogP contribution < -0.4 is 5.32 Å². The summed E-state index contributed by atoms with van der Waals surface area (Å²) in [7, 11) is 0. The number of anilines is 1. The molecule has 0 aromatic heterocycles. The first-order valence-corrected chi connectivity index (χ1v) is 6.55. The maximum absolute atomic E-state index is 11.2. The monoisotopic (exact) mass is 249 g/mol. The number of para-hydroxylation sites is 1. The third-order valence-corrected chi connectivity index (χ3v) is 3.35. The van der Waals surface area contributed by atoms with Crippen molar-refractivity contribution in [2.24, 2.45) is 5.92 Å². The fraction of sp³-hybridized carbons (Fsp3) is 0.533. The van der Waals surface area contributed by atoms with Crippen molar-refractivity contribution in [1.82, 2.24) is 0 Å². The summed E-state index contributed by atoms with van der Waals surface area (Å²) in [6.45, 7) is 8.43. The number of carboxylic acid groups (broad SMARTS) is 1. The predicted molar refractivity (Wildman–Crippen MR) is 75.3 cm³/mol. The number of carboxylic acids is 1. The highest BCUT2D eigenvalue weighted by Crippen LogP contribution is 2.23. The van der Waals surface area contributed by atoms with Gasteiger partial charge in [-0.3, -0.25) is 0 Å². The lowest BCUT2D eigenvalue weighted by Gasteiger charge is -2.21. The molecular formula is C15H23NO2. The molecule has 0 saturated carbocycles. The lowest BCUT2D eigenvalue weighted by atomic mass is 9.99. The van der Waals surface area contributed by atoms with Gasteiger partial charge in [-0.15, -0.1) is 0 Å². The van der Waals surface area contributed by atoms with E-state index in [9.17, 15) is 9.90 Å². The van der Waals surface area contributed by atoms with Crippen LogP contribution in [0.25, 0.3) is 0 Å². The Balaban J connectivity index is 2.86. The minimum atomic E-state index is -0.878. The van der Waals surface area contributed by atoms with Gasteiger partial charge in [-0.2, -0.15) is 0 Å². The van der Waals surface area contributed by atoms with E-state index < -0.39 is 5.97 Å². The molecule has 18 heavy (non-hydrogen) atoms. The lowest BCUT2D eigenvalue weighted by molar-refractivity contribution is 0.0698. The van der Waals surface area contributed by atoms with Crippen molar-refractivity contribution in [2.75, 3.05) is 5.32 Å². The van der Waals surface area contributed by atoms with Crippen molar-refractivity contribution in [2.45, 2.75) is 46.6 Å². The summed E-state index contributed by atoms with van der Waals surface area (Å²) in [6, 6.07) is 5.64. The third kappa shape index (κ3) is 3.76. The van der Waals surface area contributed by atoms with Crippen LogP contribution in [0.2, 0.25) is 0 Å². The first kappa shape index (κ1) is 14.6. The highest BCUT2D eigenvalue weighted by Gasteiger charge is 2.14. The number of aryl methyl sites for hydroxylation is 1. The van der Waals surface area contributed by atoms with Gasteiger partial charge in [0, 0.05) is 6.04 Å². The number of nitrogens with one attached hydrogen (secondary N) is 1. The van der Waals surface area contributed by atoms with Crippen LogP contribution in [0.1, 0.15) is 49.5 Å². The van der Waals surface area contributed by atoms with Gasteiger partial charge in [-0.1, -0.05) is 32.4 Å². The van der Waals surface area contributed by atoms with Crippen LogP contribution in [0.5, 0.6) is 0 Å². The molecule has 0 fully saturated rings. The highest BCUT2D eigenvalue weighted by molar-refractivity contribution is 5.95. The molecule has 0 aliphatic rings. The Kier molecular flexibility index (Phi) is 5.20. The second-order valence-corrected chi connectivity index (χ2v) is 5.10. The number of aromatic carboxylic acids is 1. The molecular weight excluding hydrogens is 226 g/mol. The molecule has 2 N–H and O–H groups in total. The quantitative estimate of drug-likeness (QED) is 0.803. The standard InChI is InChI=1S/C15H23NO2/c1-5-10(2)9-12(4)16-14-11(3)7-6-8-13(14)15(17)18/h6-8,10,12,16H,5,9H2,1-4H3,(H,17,18). The molecule has 0 saturated heterocycles. The fourth-order valence-electron chi connectivity index (χ4n) is 2.11. The number of hydrogen-bond donors (Lipinski definition) is 2. The summed E-state index contributed by atoms with van der Waals surface area (Å²) < 4.78 is 0. The average Bonchev–Trinajstić information content (AvgIpc) is 2.31. The Morgan fingerprint density at radius 1 is 1.39 bits per heavy atom. The van der Waals surface area contributed by atoms with Crippen LogP contribution in [-0.2, 0) is 0 Å². The zero-order valence-corrected chi connectivity index (χ0v) is 11.7. The van der Waals surface area contributed by atoms with E-state index in [-0.39, 0.29) is 6.04 Å². The van der Waals surface area contributed by atoms with Crippen LogP contribution in [0, 0.1) is 12.8 Å². The molecule has 0 heterocycles. The Morgan fingerprint density at radius 3 is 2.61 bits per heavy atom. The highest BCUT2D eigenvalue weighted by atomic mass is 16.4. The first-order chi connectivity index (χ1) is 8.45. The Bertz CT molecular complexity index is 415. The van der Waals surface area contributed by atoms with E-state index >= 15 is 0 Å². The maximum atomic E-state index is 11.2. The Morgan fingerprint density at radius 2 is 2.06 bits per heavy atom. The molecule has 0 radical (unpaired) electrons. The third-order valence-electron chi connectivity index (χ3n) is 3.35. The molecule has 2 unspecified atom stereocenters. The van der Waals surface area contributed by atoms with Gasteiger partial charge >= 0.3 is 5.97 Å². The summed E-state index contributed by atoms with van der Waals surface area (Å²) in [5, 5.41) is 12.5. The lowest BCUT2D eigenvalue weighted by Crippen LogP contribution is -2.20. The molecule has 2 atom stereocenters. The van der Waals surface area contributed by atoms with Crippen molar-refractivity contribution in [3.05, 3.63) is 29.3 Å². The van der Waals surface area contributed by atoms with Gasteiger partial charge in [0.2, 0.25) is 0 Å². The molecule has 0 amide bonds. The molecule has 1 aromatic carbocycles. The van der Waals surface area contributed by atoms with E-state index in [0.717, 1.165) is 24.1 Å². The van der Waals surface area contributed by atoms with Crippen LogP contribution in [-0.4, -0.2) is 17.1 Å². The smallest absolute Gasteiger partial charge is 0.337 e. The first-order valence-electron chi connectivity index (χ1n) is 6.55. The van der Waals surface area contributed by atoms with E-state index in [1.165, 1.54) is 0 Å². The van der Waals surface area contributed by atoms with E-state index in [1.54, 1.807) is 12.1 Å². The summed E-state index contributed by atoms with van der Waals surface area (Å²) in [5.74, 6) is -0.235. The average molecular weight is 249 g/mol. The molecule has 0 aliphatic heterocycles. The normalized spacial score (nSPS) is 14.0. The summed E-state index contributed by atoms with van der Waals surface area (Å²) in [4.78, 5) is 11.2. The summed E-state index contributed by atoms with van der Waals surface area (Å²) >= 11 is 0. The van der Waals surface area contributed by atoms with E-state index in [2.05, 4.69) is 26.1 Å². The topological polar surface area (TPSA) is 49.3 Å². The van der Waals surface area contributed by atoms with Gasteiger partial charge < -0.3 is 10.4 Å².